The summed E-state index contributed by atoms with van der Waals surface area (Å²) >= 11 is 1.74. The largest absolute Gasteiger partial charge is 0.378 e. The molecule has 0 saturated carbocycles. The first kappa shape index (κ1) is 17.7. The molecule has 0 bridgehead atoms. The molecule has 0 radical (unpaired) electrons. The molecule has 0 spiro atoms. The summed E-state index contributed by atoms with van der Waals surface area (Å²) in [5, 5.41) is 22.5. The maximum Gasteiger partial charge on any atom is 0.292 e. The molecule has 0 aliphatic rings. The van der Waals surface area contributed by atoms with Gasteiger partial charge in [0.25, 0.3) is 5.69 Å². The smallest absolute Gasteiger partial charge is 0.292 e. The lowest BCUT2D eigenvalue weighted by Gasteiger charge is -2.12. The number of rotatable bonds is 8. The first-order valence-corrected chi connectivity index (χ1v) is 8.53. The van der Waals surface area contributed by atoms with Crippen molar-refractivity contribution in [2.24, 2.45) is 4.99 Å². The van der Waals surface area contributed by atoms with Crippen LogP contribution in [-0.4, -0.2) is 37.6 Å². The van der Waals surface area contributed by atoms with Gasteiger partial charge in [0.05, 0.1) is 4.92 Å². The molecule has 2 aromatic rings. The van der Waals surface area contributed by atoms with Gasteiger partial charge in [0.15, 0.2) is 5.96 Å². The number of hydrogen-bond donors (Lipinski definition) is 3. The van der Waals surface area contributed by atoms with Crippen LogP contribution in [0.25, 0.3) is 0 Å². The van der Waals surface area contributed by atoms with Crippen LogP contribution in [-0.2, 0) is 6.42 Å². The van der Waals surface area contributed by atoms with Crippen LogP contribution in [0.1, 0.15) is 4.88 Å². The average molecular weight is 347 g/mol. The zero-order valence-electron chi connectivity index (χ0n) is 13.5. The SMILES string of the molecule is CN=C(NCCNc1ccccc1[N+](=O)[O-])NCCc1cccs1. The molecule has 24 heavy (non-hydrogen) atoms. The summed E-state index contributed by atoms with van der Waals surface area (Å²) in [6.45, 7) is 1.96. The molecule has 1 aromatic carbocycles. The summed E-state index contributed by atoms with van der Waals surface area (Å²) < 4.78 is 0. The van der Waals surface area contributed by atoms with E-state index in [1.165, 1.54) is 10.9 Å². The van der Waals surface area contributed by atoms with Gasteiger partial charge in [0.1, 0.15) is 5.69 Å². The third-order valence-electron chi connectivity index (χ3n) is 3.30. The van der Waals surface area contributed by atoms with Crippen LogP contribution >= 0.6 is 11.3 Å². The summed E-state index contributed by atoms with van der Waals surface area (Å²) in [6, 6.07) is 10.8. The second-order valence-corrected chi connectivity index (χ2v) is 5.99. The number of nitro groups is 1. The fourth-order valence-corrected chi connectivity index (χ4v) is 2.85. The normalized spacial score (nSPS) is 11.1. The first-order valence-electron chi connectivity index (χ1n) is 7.65. The molecule has 0 aliphatic heterocycles. The van der Waals surface area contributed by atoms with Gasteiger partial charge < -0.3 is 16.0 Å². The molecule has 7 nitrogen and oxygen atoms in total. The third-order valence-corrected chi connectivity index (χ3v) is 4.24. The number of para-hydroxylation sites is 2. The van der Waals surface area contributed by atoms with Crippen LogP contribution < -0.4 is 16.0 Å². The number of guanidine groups is 1. The zero-order chi connectivity index (χ0) is 17.2. The third kappa shape index (κ3) is 5.54. The monoisotopic (exact) mass is 347 g/mol. The summed E-state index contributed by atoms with van der Waals surface area (Å²) in [5.74, 6) is 0.718. The second-order valence-electron chi connectivity index (χ2n) is 4.96. The molecule has 0 unspecified atom stereocenters. The number of benzene rings is 1. The molecule has 128 valence electrons. The van der Waals surface area contributed by atoms with E-state index < -0.39 is 0 Å². The number of hydrogen-bond acceptors (Lipinski definition) is 5. The van der Waals surface area contributed by atoms with Gasteiger partial charge in [-0.05, 0) is 23.9 Å². The zero-order valence-corrected chi connectivity index (χ0v) is 14.3. The van der Waals surface area contributed by atoms with E-state index in [0.29, 0.717) is 18.8 Å². The van der Waals surface area contributed by atoms with E-state index >= 15 is 0 Å². The Morgan fingerprint density at radius 1 is 1.17 bits per heavy atom. The Balaban J connectivity index is 1.69. The van der Waals surface area contributed by atoms with Crippen molar-refractivity contribution in [3.8, 4) is 0 Å². The van der Waals surface area contributed by atoms with Gasteiger partial charge in [-0.1, -0.05) is 18.2 Å². The Morgan fingerprint density at radius 2 is 1.96 bits per heavy atom. The van der Waals surface area contributed by atoms with Crippen molar-refractivity contribution in [3.05, 3.63) is 56.8 Å². The van der Waals surface area contributed by atoms with E-state index in [1.54, 1.807) is 36.6 Å². The fraction of sp³-hybridized carbons (Fsp3) is 0.312. The molecule has 0 fully saturated rings. The number of thiophene rings is 1. The molecule has 0 amide bonds. The lowest BCUT2D eigenvalue weighted by Crippen LogP contribution is -2.40. The van der Waals surface area contributed by atoms with Crippen LogP contribution in [0.15, 0.2) is 46.8 Å². The topological polar surface area (TPSA) is 91.6 Å². The van der Waals surface area contributed by atoms with Gasteiger partial charge in [0, 0.05) is 37.6 Å². The van der Waals surface area contributed by atoms with Gasteiger partial charge in [0.2, 0.25) is 0 Å². The van der Waals surface area contributed by atoms with E-state index in [0.717, 1.165) is 18.9 Å². The predicted octanol–water partition coefficient (Wildman–Crippen LogP) is 2.48. The molecule has 3 N–H and O–H groups in total. The minimum absolute atomic E-state index is 0.0796. The standard InChI is InChI=1S/C16H21N5O2S/c1-17-16(19-9-8-13-5-4-12-24-13)20-11-10-18-14-6-2-3-7-15(14)21(22)23/h2-7,12,18H,8-11H2,1H3,(H2,17,19,20). The highest BCUT2D eigenvalue weighted by molar-refractivity contribution is 7.09. The van der Waals surface area contributed by atoms with Crippen LogP contribution in [0.2, 0.25) is 0 Å². The Morgan fingerprint density at radius 3 is 2.67 bits per heavy atom. The maximum absolute atomic E-state index is 10.9. The van der Waals surface area contributed by atoms with E-state index in [1.807, 2.05) is 6.07 Å². The molecular weight excluding hydrogens is 326 g/mol. The summed E-state index contributed by atoms with van der Waals surface area (Å²) in [5.41, 5.74) is 0.598. The molecule has 0 atom stereocenters. The second kappa shape index (κ2) is 9.51. The maximum atomic E-state index is 10.9. The highest BCUT2D eigenvalue weighted by atomic mass is 32.1. The molecule has 1 heterocycles. The Bertz CT molecular complexity index is 673. The van der Waals surface area contributed by atoms with Gasteiger partial charge in [-0.3, -0.25) is 15.1 Å². The summed E-state index contributed by atoms with van der Waals surface area (Å²) in [4.78, 5) is 16.0. The van der Waals surface area contributed by atoms with Gasteiger partial charge in [-0.15, -0.1) is 11.3 Å². The highest BCUT2D eigenvalue weighted by Gasteiger charge is 2.11. The van der Waals surface area contributed by atoms with Crippen LogP contribution in [0, 0.1) is 10.1 Å². The number of aliphatic imine (C=N–C) groups is 1. The van der Waals surface area contributed by atoms with Gasteiger partial charge >= 0.3 is 0 Å². The molecule has 2 rings (SSSR count). The van der Waals surface area contributed by atoms with Crippen molar-refractivity contribution in [2.45, 2.75) is 6.42 Å². The fourth-order valence-electron chi connectivity index (χ4n) is 2.14. The first-order chi connectivity index (χ1) is 11.7. The average Bonchev–Trinajstić information content (AvgIpc) is 3.10. The van der Waals surface area contributed by atoms with Gasteiger partial charge in [-0.2, -0.15) is 0 Å². The summed E-state index contributed by atoms with van der Waals surface area (Å²) in [7, 11) is 1.72. The number of nitrogens with zero attached hydrogens (tertiary/aromatic N) is 2. The van der Waals surface area contributed by atoms with Crippen molar-refractivity contribution in [3.63, 3.8) is 0 Å². The minimum Gasteiger partial charge on any atom is -0.378 e. The van der Waals surface area contributed by atoms with Crippen LogP contribution in [0.3, 0.4) is 0 Å². The van der Waals surface area contributed by atoms with Crippen molar-refractivity contribution >= 4 is 28.7 Å². The quantitative estimate of drug-likeness (QED) is 0.224. The van der Waals surface area contributed by atoms with Gasteiger partial charge in [-0.25, -0.2) is 0 Å². The minimum atomic E-state index is -0.388. The number of anilines is 1. The summed E-state index contributed by atoms with van der Waals surface area (Å²) in [6.07, 6.45) is 0.951. The van der Waals surface area contributed by atoms with Crippen molar-refractivity contribution in [2.75, 3.05) is 32.0 Å². The lowest BCUT2D eigenvalue weighted by atomic mass is 10.2. The molecule has 1 aromatic heterocycles. The highest BCUT2D eigenvalue weighted by Crippen LogP contribution is 2.22. The van der Waals surface area contributed by atoms with E-state index in [2.05, 4.69) is 32.4 Å². The lowest BCUT2D eigenvalue weighted by molar-refractivity contribution is -0.384. The Hall–Kier alpha value is -2.61. The van der Waals surface area contributed by atoms with E-state index in [-0.39, 0.29) is 10.6 Å². The van der Waals surface area contributed by atoms with E-state index in [4.69, 9.17) is 0 Å². The van der Waals surface area contributed by atoms with Crippen molar-refractivity contribution in [1.29, 1.82) is 0 Å². The number of nitrogens with one attached hydrogen (secondary N) is 3. The predicted molar refractivity (Wildman–Crippen MR) is 99.0 cm³/mol. The van der Waals surface area contributed by atoms with E-state index in [9.17, 15) is 10.1 Å². The van der Waals surface area contributed by atoms with Crippen molar-refractivity contribution in [1.82, 2.24) is 10.6 Å². The molecule has 0 saturated heterocycles. The molecule has 8 heteroatoms. The Kier molecular flexibility index (Phi) is 7.03. The van der Waals surface area contributed by atoms with Crippen LogP contribution in [0.4, 0.5) is 11.4 Å². The molecular formula is C16H21N5O2S. The molecule has 0 aliphatic carbocycles. The van der Waals surface area contributed by atoms with Crippen LogP contribution in [0.5, 0.6) is 0 Å². The Labute approximate surface area is 145 Å². The van der Waals surface area contributed by atoms with Crippen molar-refractivity contribution < 1.29 is 4.92 Å². The number of nitro benzene ring substituents is 1.